The Kier molecular flexibility index (Phi) is 2.44. The summed E-state index contributed by atoms with van der Waals surface area (Å²) in [7, 11) is 0. The molecule has 1 saturated carbocycles. The van der Waals surface area contributed by atoms with Crippen molar-refractivity contribution >= 4 is 5.91 Å². The van der Waals surface area contributed by atoms with Gasteiger partial charge in [0.2, 0.25) is 5.91 Å². The quantitative estimate of drug-likeness (QED) is 0.752. The Balaban J connectivity index is 1.55. The molecular formula is C12H21N3O. The second kappa shape index (κ2) is 3.70. The summed E-state index contributed by atoms with van der Waals surface area (Å²) in [6, 6.07) is 0. The summed E-state index contributed by atoms with van der Waals surface area (Å²) >= 11 is 0. The molecule has 4 heteroatoms. The van der Waals surface area contributed by atoms with Crippen LogP contribution in [-0.4, -0.2) is 53.6 Å². The molecule has 0 radical (unpaired) electrons. The Morgan fingerprint density at radius 3 is 2.56 bits per heavy atom. The highest BCUT2D eigenvalue weighted by Gasteiger charge is 2.57. The lowest BCUT2D eigenvalue weighted by molar-refractivity contribution is -0.130. The molecule has 0 aromatic carbocycles. The highest BCUT2D eigenvalue weighted by Crippen LogP contribution is 2.41. The zero-order chi connectivity index (χ0) is 11.2. The van der Waals surface area contributed by atoms with Crippen molar-refractivity contribution in [3.8, 4) is 0 Å². The number of hydrogen-bond acceptors (Lipinski definition) is 3. The first kappa shape index (κ1) is 10.5. The van der Waals surface area contributed by atoms with Crippen LogP contribution in [0.1, 0.15) is 32.6 Å². The Morgan fingerprint density at radius 1 is 1.31 bits per heavy atom. The van der Waals surface area contributed by atoms with Crippen molar-refractivity contribution in [2.24, 2.45) is 0 Å². The van der Waals surface area contributed by atoms with Gasteiger partial charge in [0.1, 0.15) is 0 Å². The molecule has 3 fully saturated rings. The standard InChI is InChI=1S/C12H21N3O/c1-10-13-12(4-5-12)11(16)15(10)9-8-14-6-2-3-7-14/h10,13H,2-9H2,1H3. The number of nitrogens with zero attached hydrogens (tertiary/aromatic N) is 2. The molecule has 2 aliphatic heterocycles. The highest BCUT2D eigenvalue weighted by atomic mass is 16.2. The maximum atomic E-state index is 12.1. The van der Waals surface area contributed by atoms with E-state index in [1.54, 1.807) is 0 Å². The van der Waals surface area contributed by atoms with Crippen LogP contribution in [0.3, 0.4) is 0 Å². The largest absolute Gasteiger partial charge is 0.325 e. The summed E-state index contributed by atoms with van der Waals surface area (Å²) in [6.07, 6.45) is 4.96. The number of carbonyl (C=O) groups is 1. The number of carbonyl (C=O) groups excluding carboxylic acids is 1. The highest BCUT2D eigenvalue weighted by molar-refractivity contribution is 5.91. The van der Waals surface area contributed by atoms with Crippen LogP contribution in [0.15, 0.2) is 0 Å². The van der Waals surface area contributed by atoms with E-state index in [4.69, 9.17) is 0 Å². The van der Waals surface area contributed by atoms with E-state index in [-0.39, 0.29) is 11.7 Å². The first-order chi connectivity index (χ1) is 7.71. The minimum absolute atomic E-state index is 0.134. The zero-order valence-corrected chi connectivity index (χ0v) is 10.0. The first-order valence-corrected chi connectivity index (χ1v) is 6.52. The van der Waals surface area contributed by atoms with Crippen molar-refractivity contribution in [2.75, 3.05) is 26.2 Å². The van der Waals surface area contributed by atoms with Crippen LogP contribution in [0.4, 0.5) is 0 Å². The molecule has 0 bridgehead atoms. The maximum absolute atomic E-state index is 12.1. The van der Waals surface area contributed by atoms with Crippen LogP contribution in [0.5, 0.6) is 0 Å². The maximum Gasteiger partial charge on any atom is 0.244 e. The van der Waals surface area contributed by atoms with Crippen LogP contribution < -0.4 is 5.32 Å². The summed E-state index contributed by atoms with van der Waals surface area (Å²) in [4.78, 5) is 16.7. The monoisotopic (exact) mass is 223 g/mol. The average Bonchev–Trinajstić information content (AvgIpc) is 2.77. The second-order valence-electron chi connectivity index (χ2n) is 5.45. The molecule has 3 aliphatic rings. The fraction of sp³-hybridized carbons (Fsp3) is 0.917. The minimum Gasteiger partial charge on any atom is -0.325 e. The first-order valence-electron chi connectivity index (χ1n) is 6.52. The number of amides is 1. The van der Waals surface area contributed by atoms with Gasteiger partial charge in [0.25, 0.3) is 0 Å². The Labute approximate surface area is 97.0 Å². The number of hydrogen-bond donors (Lipinski definition) is 1. The van der Waals surface area contributed by atoms with Crippen molar-refractivity contribution in [2.45, 2.75) is 44.3 Å². The van der Waals surface area contributed by atoms with Crippen LogP contribution in [0.2, 0.25) is 0 Å². The molecule has 1 aliphatic carbocycles. The van der Waals surface area contributed by atoms with Crippen LogP contribution in [-0.2, 0) is 4.79 Å². The van der Waals surface area contributed by atoms with E-state index in [0.29, 0.717) is 5.91 Å². The van der Waals surface area contributed by atoms with Crippen molar-refractivity contribution < 1.29 is 4.79 Å². The van der Waals surface area contributed by atoms with Gasteiger partial charge in [-0.25, -0.2) is 0 Å². The fourth-order valence-corrected chi connectivity index (χ4v) is 3.02. The summed E-state index contributed by atoms with van der Waals surface area (Å²) in [5.74, 6) is 0.346. The fourth-order valence-electron chi connectivity index (χ4n) is 3.02. The lowest BCUT2D eigenvalue weighted by atomic mass is 10.3. The molecule has 0 aromatic rings. The zero-order valence-electron chi connectivity index (χ0n) is 10.0. The van der Waals surface area contributed by atoms with Gasteiger partial charge in [-0.05, 0) is 45.7 Å². The van der Waals surface area contributed by atoms with E-state index in [1.807, 2.05) is 4.90 Å². The summed E-state index contributed by atoms with van der Waals surface area (Å²) in [5, 5.41) is 3.44. The Hall–Kier alpha value is -0.610. The van der Waals surface area contributed by atoms with E-state index in [9.17, 15) is 4.79 Å². The van der Waals surface area contributed by atoms with Crippen LogP contribution >= 0.6 is 0 Å². The molecule has 1 amide bonds. The lowest BCUT2D eigenvalue weighted by Gasteiger charge is -2.24. The van der Waals surface area contributed by atoms with E-state index in [1.165, 1.54) is 25.9 Å². The third-order valence-corrected chi connectivity index (χ3v) is 4.23. The van der Waals surface area contributed by atoms with E-state index >= 15 is 0 Å². The SMILES string of the molecule is CC1NC2(CC2)C(=O)N1CCN1CCCC1. The molecule has 1 spiro atoms. The molecule has 16 heavy (non-hydrogen) atoms. The van der Waals surface area contributed by atoms with Gasteiger partial charge < -0.3 is 9.80 Å². The topological polar surface area (TPSA) is 35.6 Å². The third-order valence-electron chi connectivity index (χ3n) is 4.23. The molecule has 3 rings (SSSR count). The predicted molar refractivity (Wildman–Crippen MR) is 61.9 cm³/mol. The predicted octanol–water partition coefficient (Wildman–Crippen LogP) is 0.393. The van der Waals surface area contributed by atoms with E-state index in [0.717, 1.165) is 25.9 Å². The van der Waals surface area contributed by atoms with Gasteiger partial charge in [0, 0.05) is 13.1 Å². The Morgan fingerprint density at radius 2 is 2.00 bits per heavy atom. The van der Waals surface area contributed by atoms with Crippen molar-refractivity contribution in [3.05, 3.63) is 0 Å². The van der Waals surface area contributed by atoms with Gasteiger partial charge in [0.05, 0.1) is 11.7 Å². The van der Waals surface area contributed by atoms with Gasteiger partial charge in [-0.2, -0.15) is 0 Å². The van der Waals surface area contributed by atoms with Crippen molar-refractivity contribution in [1.82, 2.24) is 15.1 Å². The summed E-state index contributed by atoms with van der Waals surface area (Å²) in [6.45, 7) is 6.49. The molecule has 2 heterocycles. The van der Waals surface area contributed by atoms with Crippen molar-refractivity contribution in [1.29, 1.82) is 0 Å². The summed E-state index contributed by atoms with van der Waals surface area (Å²) < 4.78 is 0. The number of nitrogens with one attached hydrogen (secondary N) is 1. The molecule has 1 unspecified atom stereocenters. The molecule has 1 atom stereocenters. The van der Waals surface area contributed by atoms with E-state index < -0.39 is 0 Å². The molecule has 0 aromatic heterocycles. The number of likely N-dealkylation sites (tertiary alicyclic amines) is 1. The van der Waals surface area contributed by atoms with Crippen LogP contribution in [0, 0.1) is 0 Å². The number of rotatable bonds is 3. The third kappa shape index (κ3) is 1.64. The molecule has 2 saturated heterocycles. The minimum atomic E-state index is -0.134. The smallest absolute Gasteiger partial charge is 0.244 e. The molecule has 4 nitrogen and oxygen atoms in total. The van der Waals surface area contributed by atoms with Gasteiger partial charge in [0.15, 0.2) is 0 Å². The van der Waals surface area contributed by atoms with Crippen LogP contribution in [0.25, 0.3) is 0 Å². The van der Waals surface area contributed by atoms with Gasteiger partial charge in [-0.15, -0.1) is 0 Å². The Bertz CT molecular complexity index is 295. The van der Waals surface area contributed by atoms with Gasteiger partial charge in [-0.1, -0.05) is 0 Å². The second-order valence-corrected chi connectivity index (χ2v) is 5.45. The lowest BCUT2D eigenvalue weighted by Crippen LogP contribution is -2.40. The summed E-state index contributed by atoms with van der Waals surface area (Å²) in [5.41, 5.74) is -0.134. The molecule has 1 N–H and O–H groups in total. The molecular weight excluding hydrogens is 202 g/mol. The molecule has 90 valence electrons. The average molecular weight is 223 g/mol. The van der Waals surface area contributed by atoms with Gasteiger partial charge >= 0.3 is 0 Å². The van der Waals surface area contributed by atoms with Gasteiger partial charge in [-0.3, -0.25) is 10.1 Å². The van der Waals surface area contributed by atoms with E-state index in [2.05, 4.69) is 17.1 Å². The van der Waals surface area contributed by atoms with Crippen molar-refractivity contribution in [3.63, 3.8) is 0 Å². The normalized spacial score (nSPS) is 32.9.